The maximum Gasteiger partial charge on any atom is 0.273 e. The summed E-state index contributed by atoms with van der Waals surface area (Å²) in [7, 11) is -4.12. The number of benzene rings is 1. The molecule has 0 saturated heterocycles. The van der Waals surface area contributed by atoms with Gasteiger partial charge in [0.2, 0.25) is 0 Å². The maximum absolute atomic E-state index is 13.4. The predicted octanol–water partition coefficient (Wildman–Crippen LogP) is 5.70. The van der Waals surface area contributed by atoms with Crippen molar-refractivity contribution >= 4 is 32.3 Å². The van der Waals surface area contributed by atoms with Gasteiger partial charge in [-0.25, -0.2) is 12.7 Å². The van der Waals surface area contributed by atoms with Crippen LogP contribution in [0.5, 0.6) is 0 Å². The van der Waals surface area contributed by atoms with Crippen molar-refractivity contribution in [2.45, 2.75) is 28.2 Å². The van der Waals surface area contributed by atoms with Gasteiger partial charge in [0.1, 0.15) is 5.69 Å². The predicted molar refractivity (Wildman–Crippen MR) is 131 cm³/mol. The highest BCUT2D eigenvalue weighted by Gasteiger charge is 2.29. The molecular formula is C24H29N3O3S. The highest BCUT2D eigenvalue weighted by atomic mass is 32.2. The first-order chi connectivity index (χ1) is 14.5. The number of nitrogens with one attached hydrogen (secondary N) is 1. The third-order valence-corrected chi connectivity index (χ3v) is 5.81. The molecule has 31 heavy (non-hydrogen) atoms. The Labute approximate surface area is 184 Å². The second-order valence-electron chi connectivity index (χ2n) is 5.85. The van der Waals surface area contributed by atoms with Crippen LogP contribution in [-0.2, 0) is 10.0 Å². The van der Waals surface area contributed by atoms with Crippen molar-refractivity contribution in [3.63, 3.8) is 0 Å². The normalized spacial score (nSPS) is 11.4. The van der Waals surface area contributed by atoms with E-state index in [9.17, 15) is 13.2 Å². The summed E-state index contributed by atoms with van der Waals surface area (Å²) in [4.78, 5) is 19.5. The number of sulfonamides is 1. The molecule has 6 nitrogen and oxygen atoms in total. The van der Waals surface area contributed by atoms with E-state index in [0.29, 0.717) is 10.9 Å². The molecule has 164 valence electrons. The number of para-hydroxylation sites is 1. The number of pyridine rings is 2. The number of anilines is 2. The number of nitrogens with zero attached hydrogens (tertiary/aromatic N) is 2. The summed E-state index contributed by atoms with van der Waals surface area (Å²) >= 11 is 0. The van der Waals surface area contributed by atoms with E-state index in [1.165, 1.54) is 24.5 Å². The molecule has 0 aliphatic rings. The Balaban J connectivity index is 0.00000156. The Morgan fingerprint density at radius 1 is 1.16 bits per heavy atom. The molecule has 3 rings (SSSR count). The summed E-state index contributed by atoms with van der Waals surface area (Å²) in [6, 6.07) is 11.9. The minimum atomic E-state index is -4.12. The summed E-state index contributed by atoms with van der Waals surface area (Å²) in [6.07, 6.45) is 8.90. The van der Waals surface area contributed by atoms with E-state index < -0.39 is 15.6 Å². The molecule has 0 aliphatic heterocycles. The van der Waals surface area contributed by atoms with Gasteiger partial charge in [-0.05, 0) is 43.3 Å². The molecule has 0 amide bonds. The van der Waals surface area contributed by atoms with E-state index in [4.69, 9.17) is 0 Å². The molecule has 0 aliphatic carbocycles. The zero-order valence-electron chi connectivity index (χ0n) is 17.2. The van der Waals surface area contributed by atoms with Crippen LogP contribution in [0.15, 0.2) is 95.4 Å². The lowest BCUT2D eigenvalue weighted by Gasteiger charge is -2.24. The highest BCUT2D eigenvalue weighted by molar-refractivity contribution is 7.97. The number of aromatic amines is 1. The van der Waals surface area contributed by atoms with Crippen LogP contribution in [0, 0.1) is 0 Å². The summed E-state index contributed by atoms with van der Waals surface area (Å²) in [5.74, 6) is 0. The molecule has 0 saturated carbocycles. The molecule has 3 aromatic rings. The highest BCUT2D eigenvalue weighted by Crippen LogP contribution is 2.31. The molecule has 1 N–H and O–H groups in total. The van der Waals surface area contributed by atoms with E-state index in [1.54, 1.807) is 55.5 Å². The zero-order valence-corrected chi connectivity index (χ0v) is 18.1. The SMILES string of the molecule is C.C=C/C(=C\C=C/C)S(=O)(=O)N(c1cccnc1)c1cc2ccccc2[nH]c1=O.CC. The van der Waals surface area contributed by atoms with Gasteiger partial charge in [0.25, 0.3) is 15.6 Å². The largest absolute Gasteiger partial charge is 0.320 e. The van der Waals surface area contributed by atoms with Crippen molar-refractivity contribution in [3.8, 4) is 0 Å². The van der Waals surface area contributed by atoms with Crippen LogP contribution in [0.2, 0.25) is 0 Å². The van der Waals surface area contributed by atoms with E-state index >= 15 is 0 Å². The first-order valence-corrected chi connectivity index (χ1v) is 11.0. The Hall–Kier alpha value is -3.45. The van der Waals surface area contributed by atoms with E-state index in [-0.39, 0.29) is 23.7 Å². The maximum atomic E-state index is 13.4. The monoisotopic (exact) mass is 439 g/mol. The van der Waals surface area contributed by atoms with E-state index in [2.05, 4.69) is 16.5 Å². The molecule has 2 aromatic heterocycles. The van der Waals surface area contributed by atoms with Gasteiger partial charge in [-0.1, -0.05) is 58.2 Å². The van der Waals surface area contributed by atoms with Crippen LogP contribution in [0.1, 0.15) is 28.2 Å². The van der Waals surface area contributed by atoms with Gasteiger partial charge in [0.15, 0.2) is 0 Å². The molecular weight excluding hydrogens is 410 g/mol. The molecule has 2 heterocycles. The third-order valence-electron chi connectivity index (χ3n) is 4.03. The molecule has 1 aromatic carbocycles. The van der Waals surface area contributed by atoms with Crippen LogP contribution in [0.3, 0.4) is 0 Å². The second kappa shape index (κ2) is 11.7. The van der Waals surface area contributed by atoms with Crippen LogP contribution >= 0.6 is 0 Å². The van der Waals surface area contributed by atoms with Gasteiger partial charge >= 0.3 is 0 Å². The van der Waals surface area contributed by atoms with Crippen LogP contribution in [-0.4, -0.2) is 18.4 Å². The van der Waals surface area contributed by atoms with Gasteiger partial charge in [-0.3, -0.25) is 9.78 Å². The molecule has 0 atom stereocenters. The van der Waals surface area contributed by atoms with Crippen molar-refractivity contribution in [3.05, 3.63) is 101 Å². The standard InChI is InChI=1S/C21H19N3O3S.C2H6.CH4/c1-3-5-11-18(4-2)28(26,27)24(17-10-8-13-22-15-17)20-14-16-9-6-7-12-19(16)23-21(20)25;1-2;/h3-15H,2H2,1H3,(H,23,25);1-2H3;1H4/b5-3-,18-11+;;. The lowest BCUT2D eigenvalue weighted by atomic mass is 10.2. The molecule has 0 fully saturated rings. The lowest BCUT2D eigenvalue weighted by Crippen LogP contribution is -2.31. The van der Waals surface area contributed by atoms with Crippen molar-refractivity contribution in [1.82, 2.24) is 9.97 Å². The average Bonchev–Trinajstić information content (AvgIpc) is 2.76. The molecule has 0 bridgehead atoms. The number of allylic oxidation sites excluding steroid dienone is 4. The summed E-state index contributed by atoms with van der Waals surface area (Å²) in [6.45, 7) is 9.39. The quantitative estimate of drug-likeness (QED) is 0.500. The fraction of sp³-hybridized carbons (Fsp3) is 0.167. The molecule has 0 unspecified atom stereocenters. The minimum Gasteiger partial charge on any atom is -0.320 e. The number of fused-ring (bicyclic) bond motifs is 1. The fourth-order valence-electron chi connectivity index (χ4n) is 2.72. The number of rotatable bonds is 6. The van der Waals surface area contributed by atoms with Crippen LogP contribution < -0.4 is 9.86 Å². The number of hydrogen-bond donors (Lipinski definition) is 1. The molecule has 0 spiro atoms. The summed E-state index contributed by atoms with van der Waals surface area (Å²) in [5.41, 5.74) is 0.310. The van der Waals surface area contributed by atoms with Crippen LogP contribution in [0.4, 0.5) is 11.4 Å². The number of hydrogen-bond acceptors (Lipinski definition) is 4. The van der Waals surface area contributed by atoms with Crippen molar-refractivity contribution < 1.29 is 8.42 Å². The Bertz CT molecular complexity index is 1230. The molecule has 0 radical (unpaired) electrons. The second-order valence-corrected chi connectivity index (χ2v) is 7.64. The van der Waals surface area contributed by atoms with Crippen LogP contribution in [0.25, 0.3) is 10.9 Å². The van der Waals surface area contributed by atoms with Gasteiger partial charge in [0.05, 0.1) is 16.8 Å². The van der Waals surface area contributed by atoms with E-state index in [1.807, 2.05) is 19.9 Å². The lowest BCUT2D eigenvalue weighted by molar-refractivity contribution is 0.603. The van der Waals surface area contributed by atoms with Crippen molar-refractivity contribution in [1.29, 1.82) is 0 Å². The Morgan fingerprint density at radius 2 is 1.87 bits per heavy atom. The first-order valence-electron chi connectivity index (χ1n) is 9.52. The van der Waals surface area contributed by atoms with Gasteiger partial charge in [-0.2, -0.15) is 0 Å². The zero-order chi connectivity index (χ0) is 22.1. The number of H-pyrrole nitrogens is 1. The van der Waals surface area contributed by atoms with Gasteiger partial charge in [0, 0.05) is 17.1 Å². The smallest absolute Gasteiger partial charge is 0.273 e. The fourth-order valence-corrected chi connectivity index (χ4v) is 4.18. The third kappa shape index (κ3) is 5.58. The van der Waals surface area contributed by atoms with Crippen molar-refractivity contribution in [2.75, 3.05) is 4.31 Å². The van der Waals surface area contributed by atoms with Crippen molar-refractivity contribution in [2.24, 2.45) is 0 Å². The van der Waals surface area contributed by atoms with Gasteiger partial charge in [-0.15, -0.1) is 0 Å². The minimum absolute atomic E-state index is 0. The van der Waals surface area contributed by atoms with Gasteiger partial charge < -0.3 is 4.98 Å². The summed E-state index contributed by atoms with van der Waals surface area (Å²) in [5, 5.41) is 0.707. The Morgan fingerprint density at radius 3 is 2.48 bits per heavy atom. The molecule has 7 heteroatoms. The average molecular weight is 440 g/mol. The van der Waals surface area contributed by atoms with E-state index in [0.717, 1.165) is 4.31 Å². The topological polar surface area (TPSA) is 83.1 Å². The Kier molecular flexibility index (Phi) is 9.63. The number of aromatic nitrogens is 2. The first kappa shape index (κ1) is 25.6. The summed E-state index contributed by atoms with van der Waals surface area (Å²) < 4.78 is 27.8.